The molecule has 12 heavy (non-hydrogen) atoms. The van der Waals surface area contributed by atoms with Crippen LogP contribution in [0.3, 0.4) is 0 Å². The number of nitrogens with zero attached hydrogens (tertiary/aromatic N) is 2. The monoisotopic (exact) mass is 168 g/mol. The van der Waals surface area contributed by atoms with Gasteiger partial charge in [0.2, 0.25) is 0 Å². The Balaban J connectivity index is 2.57. The van der Waals surface area contributed by atoms with E-state index in [0.717, 1.165) is 6.29 Å². The predicted molar refractivity (Wildman–Crippen MR) is 44.1 cm³/mol. The first-order chi connectivity index (χ1) is 5.76. The van der Waals surface area contributed by atoms with Crippen molar-refractivity contribution in [2.45, 2.75) is 19.6 Å². The maximum Gasteiger partial charge on any atom is 0.153 e. The molecule has 66 valence electrons. The van der Waals surface area contributed by atoms with Crippen molar-refractivity contribution in [2.24, 2.45) is 0 Å². The van der Waals surface area contributed by atoms with Gasteiger partial charge in [-0.2, -0.15) is 5.10 Å². The number of rotatable bonds is 4. The van der Waals surface area contributed by atoms with Crippen LogP contribution < -0.4 is 0 Å². The number of carbonyl (C=O) groups excluding carboxylic acids is 1. The Hall–Kier alpha value is -1.16. The second kappa shape index (κ2) is 4.01. The van der Waals surface area contributed by atoms with Crippen molar-refractivity contribution in [3.05, 3.63) is 18.0 Å². The first-order valence-corrected chi connectivity index (χ1v) is 3.76. The predicted octanol–water partition coefficient (Wildman–Crippen LogP) is 0.731. The van der Waals surface area contributed by atoms with Gasteiger partial charge in [0.15, 0.2) is 6.29 Å². The lowest BCUT2D eigenvalue weighted by atomic mass is 10.4. The number of methoxy groups -OCH3 is 1. The molecule has 0 N–H and O–H groups in total. The largest absolute Gasteiger partial charge is 0.380 e. The van der Waals surface area contributed by atoms with Gasteiger partial charge in [0.05, 0.1) is 24.4 Å². The van der Waals surface area contributed by atoms with E-state index in [0.29, 0.717) is 12.1 Å². The Bertz CT molecular complexity index is 257. The number of aldehydes is 1. The number of hydrogen-bond acceptors (Lipinski definition) is 3. The van der Waals surface area contributed by atoms with Crippen molar-refractivity contribution < 1.29 is 9.53 Å². The molecule has 0 saturated heterocycles. The number of carbonyl (C=O) groups is 1. The molecule has 0 bridgehead atoms. The van der Waals surface area contributed by atoms with E-state index in [9.17, 15) is 4.79 Å². The van der Waals surface area contributed by atoms with Crippen molar-refractivity contribution in [3.8, 4) is 0 Å². The molecular weight excluding hydrogens is 156 g/mol. The first kappa shape index (κ1) is 8.93. The number of aromatic nitrogens is 2. The quantitative estimate of drug-likeness (QED) is 0.622. The van der Waals surface area contributed by atoms with Crippen LogP contribution in [0.2, 0.25) is 0 Å². The number of hydrogen-bond donors (Lipinski definition) is 0. The highest BCUT2D eigenvalue weighted by Crippen LogP contribution is 1.97. The lowest BCUT2D eigenvalue weighted by Gasteiger charge is -2.08. The van der Waals surface area contributed by atoms with Crippen LogP contribution >= 0.6 is 0 Å². The molecule has 0 spiro atoms. The molecule has 1 aromatic heterocycles. The minimum Gasteiger partial charge on any atom is -0.380 e. The molecule has 1 atom stereocenters. The summed E-state index contributed by atoms with van der Waals surface area (Å²) >= 11 is 0. The Morgan fingerprint density at radius 1 is 1.83 bits per heavy atom. The SMILES string of the molecule is COC(C)Cn1cc(C=O)cn1. The summed E-state index contributed by atoms with van der Waals surface area (Å²) in [7, 11) is 1.65. The van der Waals surface area contributed by atoms with Crippen LogP contribution in [-0.2, 0) is 11.3 Å². The zero-order valence-electron chi connectivity index (χ0n) is 7.23. The van der Waals surface area contributed by atoms with E-state index in [2.05, 4.69) is 5.10 Å². The second-order valence-corrected chi connectivity index (χ2v) is 2.66. The minimum absolute atomic E-state index is 0.115. The first-order valence-electron chi connectivity index (χ1n) is 3.76. The van der Waals surface area contributed by atoms with Gasteiger partial charge >= 0.3 is 0 Å². The Morgan fingerprint density at radius 3 is 3.08 bits per heavy atom. The van der Waals surface area contributed by atoms with E-state index in [1.54, 1.807) is 18.0 Å². The van der Waals surface area contributed by atoms with Crippen molar-refractivity contribution in [2.75, 3.05) is 7.11 Å². The van der Waals surface area contributed by atoms with E-state index in [4.69, 9.17) is 4.74 Å². The number of ether oxygens (including phenoxy) is 1. The zero-order valence-corrected chi connectivity index (χ0v) is 7.23. The second-order valence-electron chi connectivity index (χ2n) is 2.66. The van der Waals surface area contributed by atoms with Gasteiger partial charge in [-0.1, -0.05) is 0 Å². The molecule has 0 saturated carbocycles. The third kappa shape index (κ3) is 2.17. The molecule has 1 unspecified atom stereocenters. The fourth-order valence-corrected chi connectivity index (χ4v) is 0.878. The van der Waals surface area contributed by atoms with E-state index < -0.39 is 0 Å². The van der Waals surface area contributed by atoms with Crippen molar-refractivity contribution in [1.82, 2.24) is 9.78 Å². The van der Waals surface area contributed by atoms with E-state index in [1.807, 2.05) is 6.92 Å². The van der Waals surface area contributed by atoms with Crippen LogP contribution in [0.25, 0.3) is 0 Å². The molecule has 0 radical (unpaired) electrons. The molecule has 0 aliphatic heterocycles. The van der Waals surface area contributed by atoms with Crippen LogP contribution in [0.4, 0.5) is 0 Å². The van der Waals surface area contributed by atoms with Crippen LogP contribution in [0.5, 0.6) is 0 Å². The van der Waals surface area contributed by atoms with Crippen LogP contribution in [-0.4, -0.2) is 29.3 Å². The van der Waals surface area contributed by atoms with Gasteiger partial charge in [-0.25, -0.2) is 0 Å². The maximum absolute atomic E-state index is 10.3. The third-order valence-electron chi connectivity index (χ3n) is 1.64. The molecule has 0 aromatic carbocycles. The topological polar surface area (TPSA) is 44.1 Å². The summed E-state index contributed by atoms with van der Waals surface area (Å²) in [4.78, 5) is 10.3. The lowest BCUT2D eigenvalue weighted by Crippen LogP contribution is -2.14. The molecule has 4 nitrogen and oxygen atoms in total. The fraction of sp³-hybridized carbons (Fsp3) is 0.500. The van der Waals surface area contributed by atoms with Crippen molar-refractivity contribution in [3.63, 3.8) is 0 Å². The molecule has 0 aliphatic carbocycles. The summed E-state index contributed by atoms with van der Waals surface area (Å²) < 4.78 is 6.74. The summed E-state index contributed by atoms with van der Waals surface area (Å²) in [5, 5.41) is 3.98. The summed E-state index contributed by atoms with van der Waals surface area (Å²) in [5.41, 5.74) is 0.596. The van der Waals surface area contributed by atoms with E-state index >= 15 is 0 Å². The van der Waals surface area contributed by atoms with Crippen LogP contribution in [0.1, 0.15) is 17.3 Å². The molecule has 0 amide bonds. The average molecular weight is 168 g/mol. The Morgan fingerprint density at radius 2 is 2.58 bits per heavy atom. The summed E-state index contributed by atoms with van der Waals surface area (Å²) in [5.74, 6) is 0. The lowest BCUT2D eigenvalue weighted by molar-refractivity contribution is 0.0997. The molecular formula is C8H12N2O2. The third-order valence-corrected chi connectivity index (χ3v) is 1.64. The van der Waals surface area contributed by atoms with E-state index in [1.165, 1.54) is 6.20 Å². The highest BCUT2D eigenvalue weighted by molar-refractivity contribution is 5.73. The smallest absolute Gasteiger partial charge is 0.153 e. The molecule has 0 aliphatic rings. The zero-order chi connectivity index (χ0) is 8.97. The summed E-state index contributed by atoms with van der Waals surface area (Å²) in [6, 6.07) is 0. The maximum atomic E-state index is 10.3. The van der Waals surface area contributed by atoms with Crippen molar-refractivity contribution in [1.29, 1.82) is 0 Å². The van der Waals surface area contributed by atoms with E-state index in [-0.39, 0.29) is 6.10 Å². The fourth-order valence-electron chi connectivity index (χ4n) is 0.878. The van der Waals surface area contributed by atoms with Crippen molar-refractivity contribution >= 4 is 6.29 Å². The molecule has 1 heterocycles. The molecule has 4 heteroatoms. The summed E-state index contributed by atoms with van der Waals surface area (Å²) in [6.07, 6.45) is 4.13. The molecule has 1 aromatic rings. The van der Waals surface area contributed by atoms with Crippen LogP contribution in [0.15, 0.2) is 12.4 Å². The Labute approximate surface area is 71.1 Å². The molecule has 1 rings (SSSR count). The standard InChI is InChI=1S/C8H12N2O2/c1-7(12-2)4-10-5-8(6-11)3-9-10/h3,5-7H,4H2,1-2H3. The van der Waals surface area contributed by atoms with Gasteiger partial charge in [0, 0.05) is 13.3 Å². The highest BCUT2D eigenvalue weighted by atomic mass is 16.5. The average Bonchev–Trinajstić information content (AvgIpc) is 2.52. The Kier molecular flexibility index (Phi) is 2.99. The minimum atomic E-state index is 0.115. The van der Waals surface area contributed by atoms with Gasteiger partial charge < -0.3 is 4.74 Å². The van der Waals surface area contributed by atoms with Gasteiger partial charge in [-0.05, 0) is 6.92 Å². The highest BCUT2D eigenvalue weighted by Gasteiger charge is 2.02. The van der Waals surface area contributed by atoms with Crippen LogP contribution in [0, 0.1) is 0 Å². The summed E-state index contributed by atoms with van der Waals surface area (Å²) in [6.45, 7) is 2.62. The van der Waals surface area contributed by atoms with Gasteiger partial charge in [-0.3, -0.25) is 9.48 Å². The van der Waals surface area contributed by atoms with Gasteiger partial charge in [0.1, 0.15) is 0 Å². The normalized spacial score (nSPS) is 12.8. The van der Waals surface area contributed by atoms with Gasteiger partial charge in [-0.15, -0.1) is 0 Å². The van der Waals surface area contributed by atoms with Gasteiger partial charge in [0.25, 0.3) is 0 Å². The molecule has 0 fully saturated rings.